The van der Waals surface area contributed by atoms with Gasteiger partial charge in [0.1, 0.15) is 11.5 Å². The zero-order valence-corrected chi connectivity index (χ0v) is 12.9. The minimum atomic E-state index is 0.180. The molecule has 0 spiro atoms. The summed E-state index contributed by atoms with van der Waals surface area (Å²) < 4.78 is 5.77. The molecule has 4 aliphatic carbocycles. The summed E-state index contributed by atoms with van der Waals surface area (Å²) in [5.41, 5.74) is 2.75. The molecule has 4 saturated carbocycles. The molecule has 0 heterocycles. The van der Waals surface area contributed by atoms with Gasteiger partial charge in [0.25, 0.3) is 0 Å². The average molecular weight is 298 g/mol. The summed E-state index contributed by atoms with van der Waals surface area (Å²) >= 11 is 0. The van der Waals surface area contributed by atoms with Crippen LogP contribution in [0.15, 0.2) is 23.8 Å². The Hall–Kier alpha value is -1.77. The molecular weight excluding hydrogens is 276 g/mol. The molecule has 1 N–H and O–H groups in total. The Morgan fingerprint density at radius 3 is 2.32 bits per heavy atom. The minimum Gasteiger partial charge on any atom is -0.508 e. The van der Waals surface area contributed by atoms with Gasteiger partial charge < -0.3 is 9.84 Å². The molecule has 22 heavy (non-hydrogen) atoms. The molecule has 0 aliphatic heterocycles. The van der Waals surface area contributed by atoms with Gasteiger partial charge in [0.2, 0.25) is 0 Å². The Kier molecular flexibility index (Phi) is 3.24. The van der Waals surface area contributed by atoms with Gasteiger partial charge in [0.05, 0.1) is 7.11 Å². The van der Waals surface area contributed by atoms with Crippen molar-refractivity contribution < 1.29 is 14.6 Å². The smallest absolute Gasteiger partial charge is 0.150 e. The zero-order chi connectivity index (χ0) is 15.3. The first-order valence-electron chi connectivity index (χ1n) is 8.26. The van der Waals surface area contributed by atoms with E-state index >= 15 is 0 Å². The molecule has 116 valence electrons. The molecule has 1 aromatic carbocycles. The number of benzene rings is 1. The topological polar surface area (TPSA) is 46.5 Å². The predicted octanol–water partition coefficient (Wildman–Crippen LogP) is 4.02. The van der Waals surface area contributed by atoms with Crippen LogP contribution in [0.1, 0.15) is 48.0 Å². The van der Waals surface area contributed by atoms with Gasteiger partial charge in [0, 0.05) is 11.1 Å². The maximum Gasteiger partial charge on any atom is 0.150 e. The molecule has 0 amide bonds. The lowest BCUT2D eigenvalue weighted by Gasteiger charge is -2.51. The number of hydrogen-bond donors (Lipinski definition) is 1. The van der Waals surface area contributed by atoms with Crippen molar-refractivity contribution in [2.75, 3.05) is 7.11 Å². The van der Waals surface area contributed by atoms with Crippen LogP contribution in [0.3, 0.4) is 0 Å². The normalized spacial score (nSPS) is 32.1. The first-order chi connectivity index (χ1) is 10.7. The first kappa shape index (κ1) is 13.9. The second-order valence-electron chi connectivity index (χ2n) is 7.18. The van der Waals surface area contributed by atoms with Crippen molar-refractivity contribution in [3.8, 4) is 5.75 Å². The number of ether oxygens (including phenoxy) is 1. The lowest BCUT2D eigenvalue weighted by atomic mass is 9.54. The largest absolute Gasteiger partial charge is 0.508 e. The fourth-order valence-corrected chi connectivity index (χ4v) is 5.29. The van der Waals surface area contributed by atoms with Crippen LogP contribution in [-0.2, 0) is 4.74 Å². The SMILES string of the molecule is COC(=C1C2CC3CC(C2)CC1C3)c1cc(O)ccc1C=O. The molecule has 0 saturated heterocycles. The van der Waals surface area contributed by atoms with E-state index in [-0.39, 0.29) is 5.75 Å². The molecule has 4 bridgehead atoms. The van der Waals surface area contributed by atoms with Gasteiger partial charge in [-0.1, -0.05) is 0 Å². The fourth-order valence-electron chi connectivity index (χ4n) is 5.29. The molecule has 3 heteroatoms. The van der Waals surface area contributed by atoms with Crippen LogP contribution in [0.2, 0.25) is 0 Å². The van der Waals surface area contributed by atoms with Crippen molar-refractivity contribution in [2.45, 2.75) is 32.1 Å². The van der Waals surface area contributed by atoms with Gasteiger partial charge in [-0.25, -0.2) is 0 Å². The molecule has 4 fully saturated rings. The van der Waals surface area contributed by atoms with Gasteiger partial charge in [-0.3, -0.25) is 4.79 Å². The zero-order valence-electron chi connectivity index (χ0n) is 12.9. The summed E-state index contributed by atoms with van der Waals surface area (Å²) in [7, 11) is 1.69. The summed E-state index contributed by atoms with van der Waals surface area (Å²) in [5, 5.41) is 9.83. The highest BCUT2D eigenvalue weighted by Crippen LogP contribution is 2.58. The van der Waals surface area contributed by atoms with E-state index in [1.165, 1.54) is 37.7 Å². The van der Waals surface area contributed by atoms with Crippen LogP contribution >= 0.6 is 0 Å². The van der Waals surface area contributed by atoms with Crippen LogP contribution in [0.4, 0.5) is 0 Å². The number of hydrogen-bond acceptors (Lipinski definition) is 3. The summed E-state index contributed by atoms with van der Waals surface area (Å²) in [6.45, 7) is 0. The van der Waals surface area contributed by atoms with Crippen molar-refractivity contribution in [1.82, 2.24) is 0 Å². The second-order valence-corrected chi connectivity index (χ2v) is 7.18. The predicted molar refractivity (Wildman–Crippen MR) is 84.5 cm³/mol. The van der Waals surface area contributed by atoms with E-state index in [1.54, 1.807) is 25.3 Å². The highest BCUT2D eigenvalue weighted by atomic mass is 16.5. The van der Waals surface area contributed by atoms with Crippen molar-refractivity contribution in [3.05, 3.63) is 34.9 Å². The standard InChI is InChI=1S/C19H22O3/c1-22-19(17-9-16(21)3-2-13(17)10-20)18-14-5-11-4-12(7-14)8-15(18)6-11/h2-3,9-12,14-15,21H,4-8H2,1H3. The van der Waals surface area contributed by atoms with Crippen LogP contribution in [0.5, 0.6) is 5.75 Å². The van der Waals surface area contributed by atoms with E-state index in [0.717, 1.165) is 29.4 Å². The molecule has 0 radical (unpaired) electrons. The number of methoxy groups -OCH3 is 1. The van der Waals surface area contributed by atoms with Gasteiger partial charge in [-0.05, 0) is 79.5 Å². The highest BCUT2D eigenvalue weighted by molar-refractivity contribution is 5.85. The maximum absolute atomic E-state index is 11.4. The number of aldehydes is 1. The van der Waals surface area contributed by atoms with E-state index in [4.69, 9.17) is 4.74 Å². The third-order valence-corrected chi connectivity index (χ3v) is 5.89. The van der Waals surface area contributed by atoms with Crippen molar-refractivity contribution >= 4 is 12.0 Å². The van der Waals surface area contributed by atoms with Crippen molar-refractivity contribution in [1.29, 1.82) is 0 Å². The van der Waals surface area contributed by atoms with Crippen LogP contribution < -0.4 is 0 Å². The number of carbonyl (C=O) groups is 1. The summed E-state index contributed by atoms with van der Waals surface area (Å²) in [4.78, 5) is 11.4. The fraction of sp³-hybridized carbons (Fsp3) is 0.526. The Morgan fingerprint density at radius 1 is 1.14 bits per heavy atom. The Labute approximate surface area is 131 Å². The van der Waals surface area contributed by atoms with E-state index in [1.807, 2.05) is 0 Å². The van der Waals surface area contributed by atoms with Crippen LogP contribution in [-0.4, -0.2) is 18.5 Å². The van der Waals surface area contributed by atoms with E-state index in [2.05, 4.69) is 0 Å². The quantitative estimate of drug-likeness (QED) is 0.677. The highest BCUT2D eigenvalue weighted by Gasteiger charge is 2.46. The molecule has 0 atom stereocenters. The maximum atomic E-state index is 11.4. The number of phenols is 1. The Bertz CT molecular complexity index is 614. The number of phenolic OH excluding ortho intramolecular Hbond substituents is 1. The lowest BCUT2D eigenvalue weighted by molar-refractivity contribution is 0.0675. The third-order valence-electron chi connectivity index (χ3n) is 5.89. The Morgan fingerprint density at radius 2 is 1.77 bits per heavy atom. The number of allylic oxidation sites excluding steroid dienone is 1. The second kappa shape index (κ2) is 5.15. The van der Waals surface area contributed by atoms with Crippen molar-refractivity contribution in [3.63, 3.8) is 0 Å². The van der Waals surface area contributed by atoms with Crippen molar-refractivity contribution in [2.24, 2.45) is 23.7 Å². The summed E-state index contributed by atoms with van der Waals surface area (Å²) in [6, 6.07) is 4.90. The number of aromatic hydroxyl groups is 1. The van der Waals surface area contributed by atoms with E-state index in [9.17, 15) is 9.90 Å². The molecule has 0 unspecified atom stereocenters. The Balaban J connectivity index is 1.85. The van der Waals surface area contributed by atoms with Crippen LogP contribution in [0.25, 0.3) is 5.76 Å². The van der Waals surface area contributed by atoms with Gasteiger partial charge in [0.15, 0.2) is 6.29 Å². The number of rotatable bonds is 3. The summed E-state index contributed by atoms with van der Waals surface area (Å²) in [5.74, 6) is 4.01. The molecule has 1 aromatic rings. The molecular formula is C19H22O3. The van der Waals surface area contributed by atoms with Crippen LogP contribution in [0, 0.1) is 23.7 Å². The average Bonchev–Trinajstić information content (AvgIpc) is 2.50. The minimum absolute atomic E-state index is 0.180. The first-order valence-corrected chi connectivity index (χ1v) is 8.26. The molecule has 4 aliphatic rings. The van der Waals surface area contributed by atoms with E-state index in [0.29, 0.717) is 17.4 Å². The number of carbonyl (C=O) groups excluding carboxylic acids is 1. The molecule has 5 rings (SSSR count). The van der Waals surface area contributed by atoms with Gasteiger partial charge in [-0.2, -0.15) is 0 Å². The molecule has 0 aromatic heterocycles. The van der Waals surface area contributed by atoms with E-state index < -0.39 is 0 Å². The van der Waals surface area contributed by atoms with Gasteiger partial charge in [-0.15, -0.1) is 0 Å². The summed E-state index contributed by atoms with van der Waals surface area (Å²) in [6.07, 6.45) is 7.34. The lowest BCUT2D eigenvalue weighted by Crippen LogP contribution is -2.41. The van der Waals surface area contributed by atoms with Gasteiger partial charge >= 0.3 is 0 Å². The third kappa shape index (κ3) is 2.06. The monoisotopic (exact) mass is 298 g/mol. The molecule has 3 nitrogen and oxygen atoms in total.